The lowest BCUT2D eigenvalue weighted by Crippen LogP contribution is -2.41. The summed E-state index contributed by atoms with van der Waals surface area (Å²) in [7, 11) is 0. The van der Waals surface area contributed by atoms with E-state index in [2.05, 4.69) is 31.0 Å². The lowest BCUT2D eigenvalue weighted by Gasteiger charge is -2.26. The van der Waals surface area contributed by atoms with Gasteiger partial charge < -0.3 is 34.4 Å². The van der Waals surface area contributed by atoms with E-state index in [9.17, 15) is 28.8 Å². The number of aliphatic carboxylic acids is 1. The molecule has 4 aliphatic rings. The van der Waals surface area contributed by atoms with Gasteiger partial charge in [0.05, 0.1) is 12.1 Å². The molecule has 304 valence electrons. The van der Waals surface area contributed by atoms with Crippen LogP contribution < -0.4 is 10.6 Å². The third-order valence-corrected chi connectivity index (χ3v) is 9.85. The second kappa shape index (κ2) is 17.6. The van der Waals surface area contributed by atoms with Crippen LogP contribution in [0.4, 0.5) is 0 Å². The fourth-order valence-corrected chi connectivity index (χ4v) is 6.59. The molecular weight excluding hydrogens is 712 g/mol. The Labute approximate surface area is 322 Å². The molecule has 17 nitrogen and oxygen atoms in total. The van der Waals surface area contributed by atoms with Gasteiger partial charge in [-0.2, -0.15) is 0 Å². The van der Waals surface area contributed by atoms with Gasteiger partial charge in [0, 0.05) is 29.3 Å². The van der Waals surface area contributed by atoms with E-state index in [-0.39, 0.29) is 23.9 Å². The molecule has 6 heterocycles. The van der Waals surface area contributed by atoms with E-state index in [4.69, 9.17) is 13.9 Å². The quantitative estimate of drug-likeness (QED) is 0.335. The maximum Gasteiger partial charge on any atom is 0.372 e. The number of nitrogens with one attached hydrogen (secondary N) is 2. The van der Waals surface area contributed by atoms with Gasteiger partial charge in [-0.1, -0.05) is 62.3 Å². The Kier molecular flexibility index (Phi) is 13.9. The Morgan fingerprint density at radius 1 is 0.545 bits per heavy atom. The van der Waals surface area contributed by atoms with Gasteiger partial charge >= 0.3 is 5.97 Å². The minimum absolute atomic E-state index is 0.268. The summed E-state index contributed by atoms with van der Waals surface area (Å²) in [6.45, 7) is 18.0. The number of carboxylic acid groups (broad SMARTS) is 1. The molecule has 17 heteroatoms. The van der Waals surface area contributed by atoms with E-state index in [0.717, 1.165) is 50.6 Å². The topological polar surface area (TPSA) is 231 Å². The van der Waals surface area contributed by atoms with Crippen molar-refractivity contribution in [1.29, 1.82) is 0 Å². The second-order valence-electron chi connectivity index (χ2n) is 17.6. The molecule has 2 amide bonds. The summed E-state index contributed by atoms with van der Waals surface area (Å²) < 4.78 is 11.6. The fourth-order valence-electron chi connectivity index (χ4n) is 6.59. The van der Waals surface area contributed by atoms with Gasteiger partial charge in [0.1, 0.15) is 12.1 Å². The van der Waals surface area contributed by atoms with Gasteiger partial charge in [-0.25, -0.2) is 4.79 Å². The molecule has 2 unspecified atom stereocenters. The molecule has 6 rings (SSSR count). The van der Waals surface area contributed by atoms with Crippen molar-refractivity contribution in [3.63, 3.8) is 0 Å². The standard InChI is InChI=1S/C22H32N4O5.C10H16N4O.C6H10O3/c1-21(2,3)15(27)19(29)25-11-7-9-13(25)17-23-24-18(31-17)14-10-8-12-26(14)20(30)16(28)22(4,5)6;1-3-7(11-5-1)9-13-14-10(15-9)8-4-2-6-12-8;1-6(2,3)4(7)5(8)9/h13-14H,7-12H2,1-6H3;7-8,11-12H,1-6H2;1-3H3,(H,8,9)/t13-,14?;7-,8?;/m00./s1. The van der Waals surface area contributed by atoms with Gasteiger partial charge in [-0.15, -0.1) is 20.4 Å². The number of carboxylic acids is 1. The lowest BCUT2D eigenvalue weighted by molar-refractivity contribution is -0.152. The highest BCUT2D eigenvalue weighted by atomic mass is 16.4. The van der Waals surface area contributed by atoms with Crippen LogP contribution in [0, 0.1) is 16.2 Å². The zero-order valence-electron chi connectivity index (χ0n) is 33.7. The molecule has 4 saturated heterocycles. The zero-order valence-corrected chi connectivity index (χ0v) is 33.7. The van der Waals surface area contributed by atoms with Crippen LogP contribution in [0.1, 0.15) is 161 Å². The third-order valence-electron chi connectivity index (χ3n) is 9.85. The molecule has 0 bridgehead atoms. The molecule has 0 saturated carbocycles. The molecule has 0 aromatic carbocycles. The summed E-state index contributed by atoms with van der Waals surface area (Å²) in [5.74, 6) is -2.03. The van der Waals surface area contributed by atoms with Gasteiger partial charge in [0.15, 0.2) is 0 Å². The molecule has 2 aromatic rings. The highest BCUT2D eigenvalue weighted by molar-refractivity contribution is 6.38. The van der Waals surface area contributed by atoms with Crippen LogP contribution in [0.5, 0.6) is 0 Å². The van der Waals surface area contributed by atoms with E-state index < -0.39 is 63.5 Å². The van der Waals surface area contributed by atoms with Gasteiger partial charge in [-0.05, 0) is 64.5 Å². The van der Waals surface area contributed by atoms with Crippen LogP contribution in [0.15, 0.2) is 8.83 Å². The average Bonchev–Trinajstić information content (AvgIpc) is 3.95. The van der Waals surface area contributed by atoms with Crippen LogP contribution in [-0.2, 0) is 28.8 Å². The summed E-state index contributed by atoms with van der Waals surface area (Å²) in [4.78, 5) is 74.0. The summed E-state index contributed by atoms with van der Waals surface area (Å²) >= 11 is 0. The normalized spacial score (nSPS) is 22.8. The van der Waals surface area contributed by atoms with Crippen LogP contribution in [0.2, 0.25) is 0 Å². The predicted molar refractivity (Wildman–Crippen MR) is 197 cm³/mol. The summed E-state index contributed by atoms with van der Waals surface area (Å²) in [5.41, 5.74) is -2.30. The maximum absolute atomic E-state index is 12.7. The van der Waals surface area contributed by atoms with Gasteiger partial charge in [0.25, 0.3) is 11.8 Å². The minimum atomic E-state index is -1.36. The number of nitrogens with zero attached hydrogens (tertiary/aromatic N) is 6. The Hall–Kier alpha value is -4.38. The number of hydrogen-bond donors (Lipinski definition) is 3. The van der Waals surface area contributed by atoms with Gasteiger partial charge in [-0.3, -0.25) is 24.0 Å². The van der Waals surface area contributed by atoms with Crippen molar-refractivity contribution >= 4 is 35.1 Å². The number of Topliss-reactive ketones (excluding diaryl/α,β-unsaturated/α-hetero) is 3. The molecule has 0 aliphatic carbocycles. The maximum atomic E-state index is 12.7. The Morgan fingerprint density at radius 2 is 0.891 bits per heavy atom. The van der Waals surface area contributed by atoms with Gasteiger partial charge in [0.2, 0.25) is 40.9 Å². The highest BCUT2D eigenvalue weighted by Crippen LogP contribution is 2.37. The van der Waals surface area contributed by atoms with Crippen LogP contribution in [-0.4, -0.2) is 96.6 Å². The van der Waals surface area contributed by atoms with Crippen LogP contribution in [0.3, 0.4) is 0 Å². The number of ketones is 3. The first kappa shape index (κ1) is 43.3. The van der Waals surface area contributed by atoms with Crippen molar-refractivity contribution in [3.8, 4) is 0 Å². The molecular formula is C38H58N8O9. The second-order valence-corrected chi connectivity index (χ2v) is 17.6. The summed E-state index contributed by atoms with van der Waals surface area (Å²) in [5, 5.41) is 31.4. The van der Waals surface area contributed by atoms with Crippen molar-refractivity contribution in [3.05, 3.63) is 23.6 Å². The highest BCUT2D eigenvalue weighted by Gasteiger charge is 2.43. The van der Waals surface area contributed by atoms with E-state index in [1.165, 1.54) is 22.6 Å². The average molecular weight is 771 g/mol. The lowest BCUT2D eigenvalue weighted by atomic mass is 9.90. The molecule has 0 radical (unpaired) electrons. The Bertz CT molecular complexity index is 1600. The van der Waals surface area contributed by atoms with E-state index >= 15 is 0 Å². The molecule has 3 N–H and O–H groups in total. The molecule has 4 atom stereocenters. The first-order chi connectivity index (χ1) is 25.6. The van der Waals surface area contributed by atoms with Crippen molar-refractivity contribution in [1.82, 2.24) is 40.8 Å². The number of likely N-dealkylation sites (tertiary alicyclic amines) is 2. The number of amides is 2. The smallest absolute Gasteiger partial charge is 0.372 e. The van der Waals surface area contributed by atoms with Crippen molar-refractivity contribution in [2.75, 3.05) is 26.2 Å². The number of rotatable bonds is 7. The zero-order chi connectivity index (χ0) is 40.9. The van der Waals surface area contributed by atoms with E-state index in [0.29, 0.717) is 25.9 Å². The number of carbonyl (C=O) groups is 6. The number of hydrogen-bond acceptors (Lipinski definition) is 14. The van der Waals surface area contributed by atoms with Crippen molar-refractivity contribution in [2.24, 2.45) is 16.2 Å². The monoisotopic (exact) mass is 770 g/mol. The first-order valence-electron chi connectivity index (χ1n) is 19.2. The number of carbonyl (C=O) groups excluding carboxylic acids is 5. The fraction of sp³-hybridized carbons (Fsp3) is 0.737. The largest absolute Gasteiger partial charge is 0.475 e. The minimum Gasteiger partial charge on any atom is -0.475 e. The van der Waals surface area contributed by atoms with Crippen molar-refractivity contribution < 1.29 is 42.7 Å². The van der Waals surface area contributed by atoms with E-state index in [1.807, 2.05) is 0 Å². The van der Waals surface area contributed by atoms with Crippen LogP contribution >= 0.6 is 0 Å². The Morgan fingerprint density at radius 3 is 1.18 bits per heavy atom. The molecule has 4 fully saturated rings. The predicted octanol–water partition coefficient (Wildman–Crippen LogP) is 4.23. The Balaban J connectivity index is 0.000000229. The molecule has 4 aliphatic heterocycles. The summed E-state index contributed by atoms with van der Waals surface area (Å²) in [6, 6.07) is -0.344. The number of aromatic nitrogens is 4. The summed E-state index contributed by atoms with van der Waals surface area (Å²) in [6.07, 6.45) is 7.34. The van der Waals surface area contributed by atoms with Crippen molar-refractivity contribution in [2.45, 2.75) is 138 Å². The molecule has 0 spiro atoms. The molecule has 55 heavy (non-hydrogen) atoms. The third kappa shape index (κ3) is 10.9. The molecule has 2 aromatic heterocycles. The van der Waals surface area contributed by atoms with E-state index in [1.54, 1.807) is 62.3 Å². The SMILES string of the molecule is C1CNC(c2nnc([C@@H]3CCCN3)o2)C1.CC(C)(C)C(=O)C(=O)N1CCCC1c1nnc([C@@H]2CCCN2C(=O)C(=O)C(C)(C)C)o1.CC(C)(C)C(=O)C(=O)O. The first-order valence-corrected chi connectivity index (χ1v) is 19.2. The van der Waals surface area contributed by atoms with Crippen LogP contribution in [0.25, 0.3) is 0 Å².